The lowest BCUT2D eigenvalue weighted by Gasteiger charge is -2.18. The molecule has 1 saturated heterocycles. The van der Waals surface area contributed by atoms with Crippen LogP contribution in [0.2, 0.25) is 0 Å². The maximum Gasteiger partial charge on any atom is 0.314 e. The van der Waals surface area contributed by atoms with E-state index in [0.29, 0.717) is 19.1 Å². The Morgan fingerprint density at radius 1 is 1.19 bits per heavy atom. The van der Waals surface area contributed by atoms with Gasteiger partial charge in [-0.05, 0) is 43.5 Å². The van der Waals surface area contributed by atoms with Crippen molar-refractivity contribution in [3.63, 3.8) is 0 Å². The summed E-state index contributed by atoms with van der Waals surface area (Å²) >= 11 is 0. The third-order valence-electron chi connectivity index (χ3n) is 6.07. The van der Waals surface area contributed by atoms with Gasteiger partial charge in [0.05, 0.1) is 19.0 Å². The zero-order valence-electron chi connectivity index (χ0n) is 17.7. The highest BCUT2D eigenvalue weighted by molar-refractivity contribution is 5.91. The monoisotopic (exact) mass is 419 g/mol. The lowest BCUT2D eigenvalue weighted by molar-refractivity contribution is 0.185. The fourth-order valence-electron chi connectivity index (χ4n) is 4.33. The van der Waals surface area contributed by atoms with E-state index in [4.69, 9.17) is 9.47 Å². The number of ether oxygens (including phenoxy) is 2. The number of rotatable bonds is 6. The SMILES string of the molecule is COc1ccc(Cc2cnc3c(=O)[nH]c(OCC4CCCN4C)nn23)c2ccccc12. The number of nitrogens with zero attached hydrogens (tertiary/aromatic N) is 4. The number of likely N-dealkylation sites (N-methyl/N-ethyl adjacent to an activating group) is 1. The Balaban J connectivity index is 1.47. The van der Waals surface area contributed by atoms with Crippen LogP contribution in [0.3, 0.4) is 0 Å². The van der Waals surface area contributed by atoms with Crippen LogP contribution in [0.25, 0.3) is 16.4 Å². The Hall–Kier alpha value is -3.39. The van der Waals surface area contributed by atoms with Crippen molar-refractivity contribution >= 4 is 16.4 Å². The first kappa shape index (κ1) is 19.6. The molecule has 0 amide bonds. The number of aromatic amines is 1. The zero-order chi connectivity index (χ0) is 21.4. The van der Waals surface area contributed by atoms with Crippen LogP contribution in [0.15, 0.2) is 47.4 Å². The smallest absolute Gasteiger partial charge is 0.314 e. The standard InChI is InChI=1S/C23H25N5O3/c1-27-11-5-6-16(27)14-31-23-25-22(29)21-24-13-17(28(21)26-23)12-15-9-10-20(30-2)19-8-4-3-7-18(15)19/h3-4,7-10,13,16H,5-6,11-12,14H2,1-2H3,(H,25,26,29). The summed E-state index contributed by atoms with van der Waals surface area (Å²) in [4.78, 5) is 21.8. The van der Waals surface area contributed by atoms with Crippen molar-refractivity contribution in [1.82, 2.24) is 24.5 Å². The summed E-state index contributed by atoms with van der Waals surface area (Å²) in [6.45, 7) is 1.57. The number of aromatic nitrogens is 4. The summed E-state index contributed by atoms with van der Waals surface area (Å²) in [6, 6.07) is 12.7. The molecule has 2 aromatic carbocycles. The van der Waals surface area contributed by atoms with Crippen LogP contribution in [-0.2, 0) is 6.42 Å². The zero-order valence-corrected chi connectivity index (χ0v) is 17.7. The average molecular weight is 419 g/mol. The number of imidazole rings is 1. The van der Waals surface area contributed by atoms with E-state index in [1.54, 1.807) is 17.8 Å². The summed E-state index contributed by atoms with van der Waals surface area (Å²) in [7, 11) is 3.76. The van der Waals surface area contributed by atoms with E-state index in [0.717, 1.165) is 47.2 Å². The van der Waals surface area contributed by atoms with Crippen molar-refractivity contribution < 1.29 is 9.47 Å². The molecule has 160 valence electrons. The molecule has 1 fully saturated rings. The Bertz CT molecular complexity index is 1300. The molecule has 0 radical (unpaired) electrons. The van der Waals surface area contributed by atoms with Crippen molar-refractivity contribution in [2.75, 3.05) is 27.3 Å². The second-order valence-corrected chi connectivity index (χ2v) is 7.98. The van der Waals surface area contributed by atoms with Gasteiger partial charge in [0.1, 0.15) is 12.4 Å². The molecule has 8 nitrogen and oxygen atoms in total. The molecular weight excluding hydrogens is 394 g/mol. The van der Waals surface area contributed by atoms with Gasteiger partial charge in [-0.15, -0.1) is 5.10 Å². The number of H-pyrrole nitrogens is 1. The van der Waals surface area contributed by atoms with Crippen LogP contribution in [0.1, 0.15) is 24.1 Å². The van der Waals surface area contributed by atoms with Crippen LogP contribution in [-0.4, -0.2) is 57.8 Å². The Labute approximate surface area is 179 Å². The average Bonchev–Trinajstić information content (AvgIpc) is 3.39. The van der Waals surface area contributed by atoms with Gasteiger partial charge in [0.25, 0.3) is 5.56 Å². The van der Waals surface area contributed by atoms with E-state index in [2.05, 4.69) is 33.1 Å². The minimum atomic E-state index is -0.310. The van der Waals surface area contributed by atoms with E-state index >= 15 is 0 Å². The summed E-state index contributed by atoms with van der Waals surface area (Å²) in [5.41, 5.74) is 1.88. The summed E-state index contributed by atoms with van der Waals surface area (Å²) in [5.74, 6) is 0.833. The predicted molar refractivity (Wildman–Crippen MR) is 118 cm³/mol. The lowest BCUT2D eigenvalue weighted by Crippen LogP contribution is -2.31. The topological polar surface area (TPSA) is 84.7 Å². The lowest BCUT2D eigenvalue weighted by atomic mass is 10.0. The highest BCUT2D eigenvalue weighted by atomic mass is 16.5. The second-order valence-electron chi connectivity index (χ2n) is 7.98. The molecule has 1 N–H and O–H groups in total. The first-order chi connectivity index (χ1) is 15.1. The first-order valence-electron chi connectivity index (χ1n) is 10.5. The van der Waals surface area contributed by atoms with E-state index in [-0.39, 0.29) is 17.2 Å². The molecule has 0 bridgehead atoms. The number of nitrogens with one attached hydrogen (secondary N) is 1. The Kier molecular flexibility index (Phi) is 5.07. The van der Waals surface area contributed by atoms with Crippen LogP contribution in [0.5, 0.6) is 11.8 Å². The summed E-state index contributed by atoms with van der Waals surface area (Å²) in [5, 5.41) is 6.67. The third kappa shape index (κ3) is 3.63. The van der Waals surface area contributed by atoms with Crippen molar-refractivity contribution in [3.8, 4) is 11.8 Å². The van der Waals surface area contributed by atoms with Crippen LogP contribution in [0, 0.1) is 0 Å². The molecule has 0 aliphatic carbocycles. The van der Waals surface area contributed by atoms with Crippen LogP contribution in [0.4, 0.5) is 0 Å². The van der Waals surface area contributed by atoms with Gasteiger partial charge in [0.15, 0.2) is 0 Å². The van der Waals surface area contributed by atoms with Crippen molar-refractivity contribution in [1.29, 1.82) is 0 Å². The minimum absolute atomic E-state index is 0.219. The quantitative estimate of drug-likeness (QED) is 0.517. The van der Waals surface area contributed by atoms with Gasteiger partial charge in [-0.3, -0.25) is 9.78 Å². The normalized spacial score (nSPS) is 16.9. The molecule has 1 unspecified atom stereocenters. The molecule has 1 aliphatic heterocycles. The first-order valence-corrected chi connectivity index (χ1v) is 10.5. The molecule has 5 rings (SSSR count). The van der Waals surface area contributed by atoms with Gasteiger partial charge in [0, 0.05) is 17.8 Å². The number of benzene rings is 2. The van der Waals surface area contributed by atoms with Crippen molar-refractivity contribution in [2.45, 2.75) is 25.3 Å². The molecular formula is C23H25N5O3. The minimum Gasteiger partial charge on any atom is -0.496 e. The Morgan fingerprint density at radius 3 is 2.81 bits per heavy atom. The van der Waals surface area contributed by atoms with Crippen LogP contribution >= 0.6 is 0 Å². The van der Waals surface area contributed by atoms with Crippen LogP contribution < -0.4 is 15.0 Å². The molecule has 3 heterocycles. The molecule has 0 saturated carbocycles. The maximum absolute atomic E-state index is 12.5. The van der Waals surface area contributed by atoms with Crippen molar-refractivity contribution in [2.24, 2.45) is 0 Å². The van der Waals surface area contributed by atoms with E-state index in [9.17, 15) is 4.79 Å². The predicted octanol–water partition coefficient (Wildman–Crippen LogP) is 2.64. The number of hydrogen-bond donors (Lipinski definition) is 1. The summed E-state index contributed by atoms with van der Waals surface area (Å²) < 4.78 is 12.9. The van der Waals surface area contributed by atoms with Gasteiger partial charge >= 0.3 is 6.01 Å². The molecule has 8 heteroatoms. The van der Waals surface area contributed by atoms with Gasteiger partial charge in [-0.1, -0.05) is 30.3 Å². The molecule has 0 spiro atoms. The molecule has 1 aliphatic rings. The van der Waals surface area contributed by atoms with Crippen molar-refractivity contribution in [3.05, 3.63) is 64.2 Å². The maximum atomic E-state index is 12.5. The van der Waals surface area contributed by atoms with E-state index < -0.39 is 0 Å². The summed E-state index contributed by atoms with van der Waals surface area (Å²) in [6.07, 6.45) is 4.52. The largest absolute Gasteiger partial charge is 0.496 e. The van der Waals surface area contributed by atoms with Gasteiger partial charge in [-0.2, -0.15) is 0 Å². The third-order valence-corrected chi connectivity index (χ3v) is 6.07. The molecule has 1 atom stereocenters. The second kappa shape index (κ2) is 8.03. The van der Waals surface area contributed by atoms with Gasteiger partial charge in [-0.25, -0.2) is 9.50 Å². The fraction of sp³-hybridized carbons (Fsp3) is 0.348. The fourth-order valence-corrected chi connectivity index (χ4v) is 4.33. The highest BCUT2D eigenvalue weighted by Crippen LogP contribution is 2.29. The molecule has 2 aromatic heterocycles. The highest BCUT2D eigenvalue weighted by Gasteiger charge is 2.22. The number of methoxy groups -OCH3 is 1. The van der Waals surface area contributed by atoms with E-state index in [1.807, 2.05) is 30.3 Å². The van der Waals surface area contributed by atoms with Gasteiger partial charge in [0.2, 0.25) is 5.65 Å². The number of fused-ring (bicyclic) bond motifs is 2. The Morgan fingerprint density at radius 2 is 2.03 bits per heavy atom. The van der Waals surface area contributed by atoms with E-state index in [1.165, 1.54) is 0 Å². The van der Waals surface area contributed by atoms with Gasteiger partial charge < -0.3 is 14.4 Å². The number of hydrogen-bond acceptors (Lipinski definition) is 6. The number of likely N-dealkylation sites (tertiary alicyclic amines) is 1. The molecule has 4 aromatic rings. The molecule has 31 heavy (non-hydrogen) atoms.